The molecule has 1 aromatic carbocycles. The average molecular weight is 271 g/mol. The van der Waals surface area contributed by atoms with E-state index in [0.717, 1.165) is 24.4 Å². The molecule has 1 atom stereocenters. The number of benzene rings is 1. The van der Waals surface area contributed by atoms with Crippen LogP contribution in [-0.2, 0) is 0 Å². The highest BCUT2D eigenvalue weighted by molar-refractivity contribution is 7.98. The van der Waals surface area contributed by atoms with E-state index < -0.39 is 0 Å². The van der Waals surface area contributed by atoms with Crippen molar-refractivity contribution in [3.05, 3.63) is 28.8 Å². The van der Waals surface area contributed by atoms with Gasteiger partial charge in [-0.1, -0.05) is 11.6 Å². The number of hydrogen-bond donors (Lipinski definition) is 2. The molecule has 1 amide bonds. The Morgan fingerprint density at radius 1 is 1.59 bits per heavy atom. The number of hydrogen-bond acceptors (Lipinski definition) is 3. The van der Waals surface area contributed by atoms with E-state index >= 15 is 0 Å². The fourth-order valence-electron chi connectivity index (χ4n) is 1.85. The van der Waals surface area contributed by atoms with Crippen molar-refractivity contribution in [2.24, 2.45) is 0 Å². The minimum absolute atomic E-state index is 0.0837. The summed E-state index contributed by atoms with van der Waals surface area (Å²) in [5, 5.41) is 6.71. The SMILES string of the molecule is CSc1ccc(Cl)c(C(=O)NC2CCNC2)c1. The molecule has 5 heteroatoms. The first-order valence-electron chi connectivity index (χ1n) is 5.56. The first kappa shape index (κ1) is 12.7. The van der Waals surface area contributed by atoms with Crippen LogP contribution in [0.15, 0.2) is 23.1 Å². The van der Waals surface area contributed by atoms with Crippen molar-refractivity contribution in [2.45, 2.75) is 17.4 Å². The fourth-order valence-corrected chi connectivity index (χ4v) is 2.49. The number of thioether (sulfide) groups is 1. The standard InChI is InChI=1S/C12H15ClN2OS/c1-17-9-2-3-11(13)10(6-9)12(16)15-8-4-5-14-7-8/h2-3,6,8,14H,4-5,7H2,1H3,(H,15,16). The summed E-state index contributed by atoms with van der Waals surface area (Å²) in [6, 6.07) is 5.75. The van der Waals surface area contributed by atoms with Crippen LogP contribution in [0.4, 0.5) is 0 Å². The summed E-state index contributed by atoms with van der Waals surface area (Å²) in [4.78, 5) is 13.1. The molecule has 0 spiro atoms. The summed E-state index contributed by atoms with van der Waals surface area (Å²) in [6.45, 7) is 1.80. The van der Waals surface area contributed by atoms with Crippen LogP contribution in [0.5, 0.6) is 0 Å². The van der Waals surface area contributed by atoms with E-state index in [1.54, 1.807) is 17.8 Å². The van der Waals surface area contributed by atoms with Gasteiger partial charge in [0.15, 0.2) is 0 Å². The van der Waals surface area contributed by atoms with E-state index in [0.29, 0.717) is 10.6 Å². The molecule has 1 aliphatic rings. The third-order valence-corrected chi connectivity index (χ3v) is 3.87. The minimum Gasteiger partial charge on any atom is -0.348 e. The summed E-state index contributed by atoms with van der Waals surface area (Å²) < 4.78 is 0. The molecule has 1 heterocycles. The Morgan fingerprint density at radius 3 is 3.06 bits per heavy atom. The molecule has 1 aliphatic heterocycles. The van der Waals surface area contributed by atoms with Gasteiger partial charge >= 0.3 is 0 Å². The quantitative estimate of drug-likeness (QED) is 0.827. The lowest BCUT2D eigenvalue weighted by Crippen LogP contribution is -2.36. The summed E-state index contributed by atoms with van der Waals surface area (Å²) in [5.41, 5.74) is 0.561. The normalized spacial score (nSPS) is 19.3. The summed E-state index contributed by atoms with van der Waals surface area (Å²) in [7, 11) is 0. The van der Waals surface area contributed by atoms with E-state index in [1.807, 2.05) is 18.4 Å². The number of carbonyl (C=O) groups excluding carboxylic acids is 1. The summed E-state index contributed by atoms with van der Waals surface area (Å²) >= 11 is 7.65. The molecule has 0 bridgehead atoms. The Labute approximate surface area is 110 Å². The van der Waals surface area contributed by atoms with E-state index in [-0.39, 0.29) is 11.9 Å². The van der Waals surface area contributed by atoms with Gasteiger partial charge in [-0.05, 0) is 37.4 Å². The van der Waals surface area contributed by atoms with Crippen molar-refractivity contribution in [1.29, 1.82) is 0 Å². The number of nitrogens with one attached hydrogen (secondary N) is 2. The lowest BCUT2D eigenvalue weighted by molar-refractivity contribution is 0.0940. The van der Waals surface area contributed by atoms with Gasteiger partial charge in [0.05, 0.1) is 10.6 Å². The van der Waals surface area contributed by atoms with Crippen LogP contribution in [0.3, 0.4) is 0 Å². The van der Waals surface area contributed by atoms with Gasteiger partial charge in [-0.15, -0.1) is 11.8 Å². The lowest BCUT2D eigenvalue weighted by atomic mass is 10.2. The highest BCUT2D eigenvalue weighted by Crippen LogP contribution is 2.23. The highest BCUT2D eigenvalue weighted by atomic mass is 35.5. The van der Waals surface area contributed by atoms with Crippen molar-refractivity contribution in [3.63, 3.8) is 0 Å². The van der Waals surface area contributed by atoms with Crippen LogP contribution in [0.2, 0.25) is 5.02 Å². The molecule has 0 radical (unpaired) electrons. The molecular formula is C12H15ClN2OS. The highest BCUT2D eigenvalue weighted by Gasteiger charge is 2.19. The predicted octanol–water partition coefficient (Wildman–Crippen LogP) is 2.15. The zero-order valence-corrected chi connectivity index (χ0v) is 11.2. The first-order chi connectivity index (χ1) is 8.20. The van der Waals surface area contributed by atoms with Crippen molar-refractivity contribution in [1.82, 2.24) is 10.6 Å². The molecule has 17 heavy (non-hydrogen) atoms. The van der Waals surface area contributed by atoms with Crippen LogP contribution >= 0.6 is 23.4 Å². The molecule has 1 unspecified atom stereocenters. The van der Waals surface area contributed by atoms with Crippen LogP contribution in [0.1, 0.15) is 16.8 Å². The maximum atomic E-state index is 12.1. The molecule has 2 rings (SSSR count). The number of carbonyl (C=O) groups is 1. The molecule has 0 saturated carbocycles. The molecule has 0 aliphatic carbocycles. The van der Waals surface area contributed by atoms with Crippen molar-refractivity contribution < 1.29 is 4.79 Å². The Morgan fingerprint density at radius 2 is 2.41 bits per heavy atom. The van der Waals surface area contributed by atoms with E-state index in [1.165, 1.54) is 0 Å². The average Bonchev–Trinajstić information content (AvgIpc) is 2.82. The smallest absolute Gasteiger partial charge is 0.253 e. The first-order valence-corrected chi connectivity index (χ1v) is 7.16. The maximum Gasteiger partial charge on any atom is 0.253 e. The van der Waals surface area contributed by atoms with Crippen LogP contribution in [0.25, 0.3) is 0 Å². The molecule has 2 N–H and O–H groups in total. The predicted molar refractivity (Wildman–Crippen MR) is 72.0 cm³/mol. The fraction of sp³-hybridized carbons (Fsp3) is 0.417. The van der Waals surface area contributed by atoms with Crippen LogP contribution in [-0.4, -0.2) is 31.3 Å². The second-order valence-corrected chi connectivity index (χ2v) is 5.30. The lowest BCUT2D eigenvalue weighted by Gasteiger charge is -2.12. The van der Waals surface area contributed by atoms with Gasteiger partial charge < -0.3 is 10.6 Å². The molecular weight excluding hydrogens is 256 g/mol. The van der Waals surface area contributed by atoms with Crippen molar-refractivity contribution >= 4 is 29.3 Å². The minimum atomic E-state index is -0.0837. The number of amides is 1. The second kappa shape index (κ2) is 5.76. The Bertz CT molecular complexity index is 419. The maximum absolute atomic E-state index is 12.1. The summed E-state index contributed by atoms with van der Waals surface area (Å²) in [5.74, 6) is -0.0837. The van der Waals surface area contributed by atoms with Gasteiger partial charge in [-0.3, -0.25) is 4.79 Å². The van der Waals surface area contributed by atoms with E-state index in [4.69, 9.17) is 11.6 Å². The zero-order valence-electron chi connectivity index (χ0n) is 9.63. The molecule has 1 aromatic rings. The Hall–Kier alpha value is -0.710. The van der Waals surface area contributed by atoms with Crippen LogP contribution in [0, 0.1) is 0 Å². The number of rotatable bonds is 3. The summed E-state index contributed by atoms with van der Waals surface area (Å²) in [6.07, 6.45) is 2.96. The third-order valence-electron chi connectivity index (χ3n) is 2.81. The van der Waals surface area contributed by atoms with Crippen molar-refractivity contribution in [3.8, 4) is 0 Å². The topological polar surface area (TPSA) is 41.1 Å². The van der Waals surface area contributed by atoms with Crippen LogP contribution < -0.4 is 10.6 Å². The van der Waals surface area contributed by atoms with Gasteiger partial charge in [0, 0.05) is 17.5 Å². The molecule has 92 valence electrons. The third kappa shape index (κ3) is 3.15. The molecule has 1 saturated heterocycles. The Kier molecular flexibility index (Phi) is 4.31. The van der Waals surface area contributed by atoms with Crippen molar-refractivity contribution in [2.75, 3.05) is 19.3 Å². The zero-order chi connectivity index (χ0) is 12.3. The molecule has 1 fully saturated rings. The van der Waals surface area contributed by atoms with E-state index in [9.17, 15) is 4.79 Å². The van der Waals surface area contributed by atoms with E-state index in [2.05, 4.69) is 10.6 Å². The second-order valence-electron chi connectivity index (χ2n) is 4.01. The van der Waals surface area contributed by atoms with Gasteiger partial charge in [0.25, 0.3) is 5.91 Å². The van der Waals surface area contributed by atoms with Gasteiger partial charge in [0.1, 0.15) is 0 Å². The van der Waals surface area contributed by atoms with Gasteiger partial charge in [-0.2, -0.15) is 0 Å². The largest absolute Gasteiger partial charge is 0.348 e. The Balaban J connectivity index is 2.11. The van der Waals surface area contributed by atoms with Gasteiger partial charge in [-0.25, -0.2) is 0 Å². The van der Waals surface area contributed by atoms with Gasteiger partial charge in [0.2, 0.25) is 0 Å². The molecule has 3 nitrogen and oxygen atoms in total. The monoisotopic (exact) mass is 270 g/mol. The number of halogens is 1. The molecule has 0 aromatic heterocycles.